The highest BCUT2D eigenvalue weighted by atomic mass is 32.1. The van der Waals surface area contributed by atoms with Gasteiger partial charge in [-0.2, -0.15) is 0 Å². The maximum atomic E-state index is 11.2. The smallest absolute Gasteiger partial charge is 0.413 e. The number of aromatic carboxylic acids is 1. The van der Waals surface area contributed by atoms with Crippen LogP contribution in [0.1, 0.15) is 9.67 Å². The van der Waals surface area contributed by atoms with Gasteiger partial charge in [-0.3, -0.25) is 5.32 Å². The SMILES string of the molecule is C=CCOC(=O)Nc1nc2sc(C(=O)O)cc2s1. The summed E-state index contributed by atoms with van der Waals surface area (Å²) in [5, 5.41) is 11.6. The summed E-state index contributed by atoms with van der Waals surface area (Å²) in [5.74, 6) is -0.981. The van der Waals surface area contributed by atoms with Gasteiger partial charge in [0.25, 0.3) is 0 Å². The normalized spacial score (nSPS) is 10.2. The molecule has 0 saturated carbocycles. The third-order valence-electron chi connectivity index (χ3n) is 1.84. The van der Waals surface area contributed by atoms with Gasteiger partial charge < -0.3 is 9.84 Å². The molecule has 18 heavy (non-hydrogen) atoms. The van der Waals surface area contributed by atoms with Crippen molar-refractivity contribution in [2.75, 3.05) is 11.9 Å². The number of carboxylic acids is 1. The Balaban J connectivity index is 2.11. The molecule has 0 aliphatic heterocycles. The van der Waals surface area contributed by atoms with Crippen molar-refractivity contribution in [3.63, 3.8) is 0 Å². The molecule has 6 nitrogen and oxygen atoms in total. The summed E-state index contributed by atoms with van der Waals surface area (Å²) < 4.78 is 5.46. The zero-order chi connectivity index (χ0) is 13.1. The molecule has 1 amide bonds. The van der Waals surface area contributed by atoms with Crippen molar-refractivity contribution in [3.05, 3.63) is 23.6 Å². The van der Waals surface area contributed by atoms with Crippen LogP contribution in [0.4, 0.5) is 9.93 Å². The zero-order valence-electron chi connectivity index (χ0n) is 9.00. The first-order valence-corrected chi connectivity index (χ1v) is 6.42. The van der Waals surface area contributed by atoms with E-state index < -0.39 is 12.1 Å². The lowest BCUT2D eigenvalue weighted by molar-refractivity contribution is 0.0702. The van der Waals surface area contributed by atoms with Crippen molar-refractivity contribution in [1.82, 2.24) is 4.98 Å². The maximum Gasteiger partial charge on any atom is 0.413 e. The standard InChI is InChI=1S/C10H8N2O4S2/c1-2-3-16-10(15)12-9-11-7-5(18-9)4-6(17-7)8(13)14/h2,4H,1,3H2,(H,13,14)(H,11,12,15). The van der Waals surface area contributed by atoms with Crippen molar-refractivity contribution >= 4 is 49.4 Å². The number of fused-ring (bicyclic) bond motifs is 1. The minimum absolute atomic E-state index is 0.120. The Bertz CT molecular complexity index is 585. The van der Waals surface area contributed by atoms with Gasteiger partial charge >= 0.3 is 12.1 Å². The van der Waals surface area contributed by atoms with E-state index in [1.54, 1.807) is 0 Å². The first-order valence-electron chi connectivity index (χ1n) is 4.78. The molecule has 0 atom stereocenters. The zero-order valence-corrected chi connectivity index (χ0v) is 10.6. The van der Waals surface area contributed by atoms with Crippen molar-refractivity contribution in [2.45, 2.75) is 0 Å². The molecule has 2 rings (SSSR count). The molecule has 0 spiro atoms. The lowest BCUT2D eigenvalue weighted by atomic mass is 10.5. The summed E-state index contributed by atoms with van der Waals surface area (Å²) in [6.07, 6.45) is 0.842. The van der Waals surface area contributed by atoms with E-state index in [2.05, 4.69) is 16.9 Å². The molecule has 0 aromatic carbocycles. The Kier molecular flexibility index (Phi) is 3.58. The van der Waals surface area contributed by atoms with Gasteiger partial charge in [-0.1, -0.05) is 24.0 Å². The minimum atomic E-state index is -0.981. The molecule has 0 saturated heterocycles. The lowest BCUT2D eigenvalue weighted by Gasteiger charge is -2.00. The first kappa shape index (κ1) is 12.5. The molecule has 0 unspecified atom stereocenters. The second-order valence-corrected chi connectivity index (χ2v) is 5.18. The Morgan fingerprint density at radius 3 is 2.94 bits per heavy atom. The Hall–Kier alpha value is -1.93. The van der Waals surface area contributed by atoms with Crippen LogP contribution in [0.5, 0.6) is 0 Å². The molecule has 0 radical (unpaired) electrons. The highest BCUT2D eigenvalue weighted by Crippen LogP contribution is 2.32. The van der Waals surface area contributed by atoms with Gasteiger partial charge in [0.05, 0.1) is 4.70 Å². The number of thiazole rings is 1. The van der Waals surface area contributed by atoms with Gasteiger partial charge in [0, 0.05) is 0 Å². The predicted molar refractivity (Wildman–Crippen MR) is 69.6 cm³/mol. The van der Waals surface area contributed by atoms with Crippen LogP contribution >= 0.6 is 22.7 Å². The summed E-state index contributed by atoms with van der Waals surface area (Å²) in [7, 11) is 0. The molecule has 0 bridgehead atoms. The Morgan fingerprint density at radius 2 is 2.33 bits per heavy atom. The summed E-state index contributed by atoms with van der Waals surface area (Å²) in [6.45, 7) is 3.54. The molecule has 2 aromatic heterocycles. The molecule has 2 aromatic rings. The van der Waals surface area contributed by atoms with Crippen LogP contribution in [0.25, 0.3) is 9.53 Å². The largest absolute Gasteiger partial charge is 0.477 e. The quantitative estimate of drug-likeness (QED) is 0.843. The van der Waals surface area contributed by atoms with E-state index in [0.717, 1.165) is 16.0 Å². The fourth-order valence-corrected chi connectivity index (χ4v) is 3.09. The van der Waals surface area contributed by atoms with Gasteiger partial charge in [0.15, 0.2) is 5.13 Å². The highest BCUT2D eigenvalue weighted by molar-refractivity contribution is 7.29. The number of hydrogen-bond donors (Lipinski definition) is 2. The van der Waals surface area contributed by atoms with E-state index in [1.165, 1.54) is 23.5 Å². The van der Waals surface area contributed by atoms with Crippen LogP contribution in [-0.4, -0.2) is 28.8 Å². The summed E-state index contributed by atoms with van der Waals surface area (Å²) in [5.41, 5.74) is 0. The van der Waals surface area contributed by atoms with Crippen molar-refractivity contribution < 1.29 is 19.4 Å². The average Bonchev–Trinajstić information content (AvgIpc) is 2.83. The van der Waals surface area contributed by atoms with Crippen molar-refractivity contribution in [1.29, 1.82) is 0 Å². The number of nitrogens with zero attached hydrogens (tertiary/aromatic N) is 1. The average molecular weight is 284 g/mol. The number of thiophene rings is 1. The topological polar surface area (TPSA) is 88.5 Å². The Morgan fingerprint density at radius 1 is 1.56 bits per heavy atom. The van der Waals surface area contributed by atoms with E-state index in [4.69, 9.17) is 9.84 Å². The molecule has 94 valence electrons. The van der Waals surface area contributed by atoms with Gasteiger partial charge in [-0.15, -0.1) is 11.3 Å². The van der Waals surface area contributed by atoms with Crippen LogP contribution in [0.15, 0.2) is 18.7 Å². The van der Waals surface area contributed by atoms with Gasteiger partial charge in [0.2, 0.25) is 0 Å². The number of nitrogens with one attached hydrogen (secondary N) is 1. The fourth-order valence-electron chi connectivity index (χ4n) is 1.15. The maximum absolute atomic E-state index is 11.2. The first-order chi connectivity index (χ1) is 8.60. The number of hydrogen-bond acceptors (Lipinski definition) is 6. The second-order valence-electron chi connectivity index (χ2n) is 3.12. The molecule has 2 N–H and O–H groups in total. The molecular formula is C10H8N2O4S2. The molecule has 2 heterocycles. The van der Waals surface area contributed by atoms with Crippen LogP contribution in [0.3, 0.4) is 0 Å². The van der Waals surface area contributed by atoms with Crippen LogP contribution < -0.4 is 5.32 Å². The summed E-state index contributed by atoms with van der Waals surface area (Å²) >= 11 is 2.26. The van der Waals surface area contributed by atoms with E-state index in [1.807, 2.05) is 0 Å². The second kappa shape index (κ2) is 5.15. The summed E-state index contributed by atoms with van der Waals surface area (Å²) in [4.78, 5) is 26.9. The molecule has 0 fully saturated rings. The molecular weight excluding hydrogens is 276 g/mol. The third-order valence-corrected chi connectivity index (χ3v) is 3.91. The molecule has 0 aliphatic rings. The third kappa shape index (κ3) is 2.66. The highest BCUT2D eigenvalue weighted by Gasteiger charge is 2.14. The number of aromatic nitrogens is 1. The lowest BCUT2D eigenvalue weighted by Crippen LogP contribution is -2.13. The van der Waals surface area contributed by atoms with Gasteiger partial charge in [-0.05, 0) is 6.07 Å². The van der Waals surface area contributed by atoms with Gasteiger partial charge in [0.1, 0.15) is 16.3 Å². The van der Waals surface area contributed by atoms with Crippen LogP contribution in [0, 0.1) is 0 Å². The fraction of sp³-hybridized carbons (Fsp3) is 0.100. The van der Waals surface area contributed by atoms with Gasteiger partial charge in [-0.25, -0.2) is 14.6 Å². The number of rotatable bonds is 4. The van der Waals surface area contributed by atoms with Crippen LogP contribution in [0.2, 0.25) is 0 Å². The number of carbonyl (C=O) groups is 2. The van der Waals surface area contributed by atoms with E-state index in [9.17, 15) is 9.59 Å². The van der Waals surface area contributed by atoms with Crippen molar-refractivity contribution in [3.8, 4) is 0 Å². The number of amides is 1. The summed E-state index contributed by atoms with van der Waals surface area (Å²) in [6, 6.07) is 1.53. The molecule has 0 aliphatic carbocycles. The minimum Gasteiger partial charge on any atom is -0.477 e. The van der Waals surface area contributed by atoms with Crippen molar-refractivity contribution in [2.24, 2.45) is 0 Å². The van der Waals surface area contributed by atoms with E-state index >= 15 is 0 Å². The number of ether oxygens (including phenoxy) is 1. The molecule has 8 heteroatoms. The number of anilines is 1. The van der Waals surface area contributed by atoms with E-state index in [-0.39, 0.29) is 11.5 Å². The monoisotopic (exact) mass is 284 g/mol. The van der Waals surface area contributed by atoms with Crippen LogP contribution in [-0.2, 0) is 4.74 Å². The van der Waals surface area contributed by atoms with E-state index in [0.29, 0.717) is 9.96 Å². The Labute approximate surface area is 110 Å². The number of carboxylic acid groups (broad SMARTS) is 1. The number of carbonyl (C=O) groups excluding carboxylic acids is 1. The predicted octanol–water partition coefficient (Wildman–Crippen LogP) is 2.79.